The van der Waals surface area contributed by atoms with E-state index in [1.165, 1.54) is 6.07 Å². The predicted molar refractivity (Wildman–Crippen MR) is 55.4 cm³/mol. The topological polar surface area (TPSA) is 71.8 Å². The SMILES string of the molecule is Cc1cc(-c2cn[nH]c2)cc([N+](=O)[O-])c1. The molecule has 1 aromatic carbocycles. The molecule has 0 saturated heterocycles. The van der Waals surface area contributed by atoms with Gasteiger partial charge in [-0.15, -0.1) is 0 Å². The molecule has 2 rings (SSSR count). The van der Waals surface area contributed by atoms with Crippen molar-refractivity contribution < 1.29 is 4.92 Å². The Bertz CT molecular complexity index is 491. The maximum Gasteiger partial charge on any atom is 0.270 e. The molecule has 0 bridgehead atoms. The first kappa shape index (κ1) is 9.39. The number of aromatic nitrogens is 2. The third-order valence-electron chi connectivity index (χ3n) is 2.10. The Kier molecular flexibility index (Phi) is 2.21. The molecule has 1 aromatic heterocycles. The Morgan fingerprint density at radius 3 is 2.73 bits per heavy atom. The van der Waals surface area contributed by atoms with Crippen LogP contribution in [0.3, 0.4) is 0 Å². The normalized spacial score (nSPS) is 10.2. The molecule has 0 saturated carbocycles. The van der Waals surface area contributed by atoms with Crippen LogP contribution in [0.1, 0.15) is 5.56 Å². The molecule has 5 nitrogen and oxygen atoms in total. The number of non-ortho nitro benzene ring substituents is 1. The standard InChI is InChI=1S/C10H9N3O2/c1-7-2-8(9-5-11-12-6-9)4-10(3-7)13(14)15/h2-6H,1H3,(H,11,12). The van der Waals surface area contributed by atoms with Gasteiger partial charge < -0.3 is 0 Å². The molecule has 2 aromatic rings. The van der Waals surface area contributed by atoms with Gasteiger partial charge in [0.2, 0.25) is 0 Å². The summed E-state index contributed by atoms with van der Waals surface area (Å²) in [6.45, 7) is 1.83. The molecule has 0 spiro atoms. The minimum Gasteiger partial charge on any atom is -0.285 e. The molecular weight excluding hydrogens is 194 g/mol. The van der Waals surface area contributed by atoms with Crippen LogP contribution in [0.2, 0.25) is 0 Å². The largest absolute Gasteiger partial charge is 0.285 e. The number of rotatable bonds is 2. The molecule has 15 heavy (non-hydrogen) atoms. The van der Waals surface area contributed by atoms with Crippen molar-refractivity contribution in [1.29, 1.82) is 0 Å². The van der Waals surface area contributed by atoms with Crippen molar-refractivity contribution in [2.75, 3.05) is 0 Å². The number of nitrogens with zero attached hydrogens (tertiary/aromatic N) is 2. The smallest absolute Gasteiger partial charge is 0.270 e. The summed E-state index contributed by atoms with van der Waals surface area (Å²) < 4.78 is 0. The van der Waals surface area contributed by atoms with Gasteiger partial charge in [0.1, 0.15) is 0 Å². The van der Waals surface area contributed by atoms with Gasteiger partial charge in [-0.2, -0.15) is 5.10 Å². The predicted octanol–water partition coefficient (Wildman–Crippen LogP) is 2.29. The van der Waals surface area contributed by atoms with E-state index in [9.17, 15) is 10.1 Å². The maximum absolute atomic E-state index is 10.7. The molecular formula is C10H9N3O2. The van der Waals surface area contributed by atoms with Crippen LogP contribution in [-0.4, -0.2) is 15.1 Å². The van der Waals surface area contributed by atoms with Crippen molar-refractivity contribution in [3.8, 4) is 11.1 Å². The van der Waals surface area contributed by atoms with Gasteiger partial charge in [0.15, 0.2) is 0 Å². The number of nitro benzene ring substituents is 1. The van der Waals surface area contributed by atoms with Gasteiger partial charge in [0, 0.05) is 23.9 Å². The first-order valence-corrected chi connectivity index (χ1v) is 4.42. The summed E-state index contributed by atoms with van der Waals surface area (Å²) in [5.74, 6) is 0. The highest BCUT2D eigenvalue weighted by Crippen LogP contribution is 2.24. The number of hydrogen-bond donors (Lipinski definition) is 1. The average Bonchev–Trinajstić information content (AvgIpc) is 2.69. The molecule has 1 heterocycles. The van der Waals surface area contributed by atoms with Crippen LogP contribution >= 0.6 is 0 Å². The fraction of sp³-hybridized carbons (Fsp3) is 0.100. The number of aryl methyl sites for hydroxylation is 1. The molecule has 0 unspecified atom stereocenters. The molecule has 0 atom stereocenters. The molecule has 1 N–H and O–H groups in total. The summed E-state index contributed by atoms with van der Waals surface area (Å²) >= 11 is 0. The number of aromatic amines is 1. The third-order valence-corrected chi connectivity index (χ3v) is 2.10. The third kappa shape index (κ3) is 1.85. The fourth-order valence-corrected chi connectivity index (χ4v) is 1.44. The van der Waals surface area contributed by atoms with Gasteiger partial charge in [-0.25, -0.2) is 0 Å². The zero-order valence-corrected chi connectivity index (χ0v) is 8.10. The summed E-state index contributed by atoms with van der Waals surface area (Å²) in [6, 6.07) is 4.97. The van der Waals surface area contributed by atoms with E-state index in [0.29, 0.717) is 0 Å². The number of hydrogen-bond acceptors (Lipinski definition) is 3. The highest BCUT2D eigenvalue weighted by atomic mass is 16.6. The fourth-order valence-electron chi connectivity index (χ4n) is 1.44. The molecule has 0 fully saturated rings. The van der Waals surface area contributed by atoms with Crippen LogP contribution in [0, 0.1) is 17.0 Å². The molecule has 0 radical (unpaired) electrons. The molecule has 5 heteroatoms. The van der Waals surface area contributed by atoms with Crippen LogP contribution in [0.15, 0.2) is 30.6 Å². The molecule has 0 aliphatic carbocycles. The van der Waals surface area contributed by atoms with Crippen LogP contribution in [0.25, 0.3) is 11.1 Å². The van der Waals surface area contributed by atoms with Crippen molar-refractivity contribution >= 4 is 5.69 Å². The zero-order chi connectivity index (χ0) is 10.8. The summed E-state index contributed by atoms with van der Waals surface area (Å²) in [6.07, 6.45) is 3.34. The minimum atomic E-state index is -0.392. The van der Waals surface area contributed by atoms with E-state index in [1.807, 2.05) is 13.0 Å². The monoisotopic (exact) mass is 203 g/mol. The molecule has 76 valence electrons. The van der Waals surface area contributed by atoms with E-state index in [4.69, 9.17) is 0 Å². The number of H-pyrrole nitrogens is 1. The number of benzene rings is 1. The summed E-state index contributed by atoms with van der Waals surface area (Å²) in [5.41, 5.74) is 2.61. The van der Waals surface area contributed by atoms with E-state index < -0.39 is 4.92 Å². The number of nitrogens with one attached hydrogen (secondary N) is 1. The minimum absolute atomic E-state index is 0.103. The Morgan fingerprint density at radius 1 is 1.33 bits per heavy atom. The van der Waals surface area contributed by atoms with Crippen molar-refractivity contribution in [3.05, 3.63) is 46.3 Å². The quantitative estimate of drug-likeness (QED) is 0.601. The zero-order valence-electron chi connectivity index (χ0n) is 8.10. The van der Waals surface area contributed by atoms with Crippen molar-refractivity contribution in [2.45, 2.75) is 6.92 Å². The van der Waals surface area contributed by atoms with Crippen molar-refractivity contribution in [3.63, 3.8) is 0 Å². The van der Waals surface area contributed by atoms with Crippen molar-refractivity contribution in [1.82, 2.24) is 10.2 Å². The lowest BCUT2D eigenvalue weighted by Crippen LogP contribution is -1.89. The molecule has 0 aliphatic heterocycles. The highest BCUT2D eigenvalue weighted by Gasteiger charge is 2.09. The lowest BCUT2D eigenvalue weighted by molar-refractivity contribution is -0.384. The van der Waals surface area contributed by atoms with Gasteiger partial charge >= 0.3 is 0 Å². The second-order valence-corrected chi connectivity index (χ2v) is 3.30. The lowest BCUT2D eigenvalue weighted by Gasteiger charge is -1.99. The van der Waals surface area contributed by atoms with E-state index in [-0.39, 0.29) is 5.69 Å². The Hall–Kier alpha value is -2.17. The summed E-state index contributed by atoms with van der Waals surface area (Å²) in [5, 5.41) is 17.1. The maximum atomic E-state index is 10.7. The average molecular weight is 203 g/mol. The Labute approximate surface area is 85.9 Å². The van der Waals surface area contributed by atoms with E-state index in [2.05, 4.69) is 10.2 Å². The highest BCUT2D eigenvalue weighted by molar-refractivity contribution is 5.65. The first-order valence-electron chi connectivity index (χ1n) is 4.42. The van der Waals surface area contributed by atoms with Crippen LogP contribution in [-0.2, 0) is 0 Å². The molecule has 0 aliphatic rings. The van der Waals surface area contributed by atoms with Gasteiger partial charge in [-0.3, -0.25) is 15.2 Å². The lowest BCUT2D eigenvalue weighted by atomic mass is 10.1. The second kappa shape index (κ2) is 3.53. The Morgan fingerprint density at radius 2 is 2.13 bits per heavy atom. The van der Waals surface area contributed by atoms with Crippen LogP contribution < -0.4 is 0 Å². The molecule has 0 amide bonds. The van der Waals surface area contributed by atoms with Gasteiger partial charge in [-0.1, -0.05) is 6.07 Å². The van der Waals surface area contributed by atoms with Gasteiger partial charge in [-0.05, 0) is 18.1 Å². The van der Waals surface area contributed by atoms with Gasteiger partial charge in [0.05, 0.1) is 11.1 Å². The van der Waals surface area contributed by atoms with E-state index in [0.717, 1.165) is 16.7 Å². The van der Waals surface area contributed by atoms with Gasteiger partial charge in [0.25, 0.3) is 5.69 Å². The van der Waals surface area contributed by atoms with E-state index in [1.54, 1.807) is 18.5 Å². The summed E-state index contributed by atoms with van der Waals surface area (Å²) in [7, 11) is 0. The van der Waals surface area contributed by atoms with Crippen LogP contribution in [0.5, 0.6) is 0 Å². The Balaban J connectivity index is 2.54. The number of nitro groups is 1. The first-order chi connectivity index (χ1) is 7.16. The summed E-state index contributed by atoms with van der Waals surface area (Å²) in [4.78, 5) is 10.3. The second-order valence-electron chi connectivity index (χ2n) is 3.30. The van der Waals surface area contributed by atoms with Crippen LogP contribution in [0.4, 0.5) is 5.69 Å². The van der Waals surface area contributed by atoms with E-state index >= 15 is 0 Å². The van der Waals surface area contributed by atoms with Crippen molar-refractivity contribution in [2.24, 2.45) is 0 Å².